The van der Waals surface area contributed by atoms with Gasteiger partial charge in [0.15, 0.2) is 0 Å². The summed E-state index contributed by atoms with van der Waals surface area (Å²) in [7, 11) is 0. The number of hydrogen-bond donors (Lipinski definition) is 1. The van der Waals surface area contributed by atoms with Crippen LogP contribution < -0.4 is 0 Å². The van der Waals surface area contributed by atoms with Crippen molar-refractivity contribution >= 4 is 6.08 Å². The predicted octanol–water partition coefficient (Wildman–Crippen LogP) is 2.01. The summed E-state index contributed by atoms with van der Waals surface area (Å²) in [6.45, 7) is 1.83. The third kappa shape index (κ3) is 1.28. The molecule has 1 atom stereocenters. The van der Waals surface area contributed by atoms with Crippen LogP contribution in [0, 0.1) is 0 Å². The van der Waals surface area contributed by atoms with Gasteiger partial charge >= 0.3 is 0 Å². The first-order valence-electron chi connectivity index (χ1n) is 4.17. The van der Waals surface area contributed by atoms with E-state index >= 15 is 0 Å². The monoisotopic (exact) mass is 160 g/mol. The second kappa shape index (κ2) is 2.46. The summed E-state index contributed by atoms with van der Waals surface area (Å²) in [6, 6.07) is 8.16. The van der Waals surface area contributed by atoms with Crippen molar-refractivity contribution in [1.82, 2.24) is 0 Å². The van der Waals surface area contributed by atoms with Crippen molar-refractivity contribution in [3.8, 4) is 0 Å². The Morgan fingerprint density at radius 3 is 2.92 bits per heavy atom. The maximum Gasteiger partial charge on any atom is 0.0843 e. The highest BCUT2D eigenvalue weighted by Crippen LogP contribution is 2.24. The lowest BCUT2D eigenvalue weighted by atomic mass is 9.88. The van der Waals surface area contributed by atoms with Gasteiger partial charge in [0.1, 0.15) is 0 Å². The zero-order valence-electron chi connectivity index (χ0n) is 7.12. The van der Waals surface area contributed by atoms with Crippen LogP contribution in [0.15, 0.2) is 30.3 Å². The molecule has 0 heterocycles. The smallest absolute Gasteiger partial charge is 0.0843 e. The van der Waals surface area contributed by atoms with Crippen LogP contribution in [-0.2, 0) is 6.42 Å². The van der Waals surface area contributed by atoms with Crippen LogP contribution >= 0.6 is 0 Å². The van der Waals surface area contributed by atoms with Crippen LogP contribution in [-0.4, -0.2) is 10.7 Å². The molecule has 0 radical (unpaired) electrons. The molecule has 1 nitrogen and oxygen atoms in total. The Hall–Kier alpha value is -1.08. The van der Waals surface area contributed by atoms with Crippen LogP contribution in [0.1, 0.15) is 18.1 Å². The molecule has 0 amide bonds. The number of aliphatic hydroxyl groups is 1. The quantitative estimate of drug-likeness (QED) is 0.615. The molecule has 1 aliphatic rings. The molecule has 1 N–H and O–H groups in total. The highest BCUT2D eigenvalue weighted by molar-refractivity contribution is 5.58. The van der Waals surface area contributed by atoms with Gasteiger partial charge in [0.25, 0.3) is 0 Å². The summed E-state index contributed by atoms with van der Waals surface area (Å²) in [5.74, 6) is 0. The van der Waals surface area contributed by atoms with Gasteiger partial charge in [0.05, 0.1) is 5.60 Å². The largest absolute Gasteiger partial charge is 0.386 e. The average molecular weight is 160 g/mol. The van der Waals surface area contributed by atoms with Gasteiger partial charge in [-0.1, -0.05) is 36.4 Å². The molecule has 0 bridgehead atoms. The molecule has 12 heavy (non-hydrogen) atoms. The van der Waals surface area contributed by atoms with E-state index in [1.54, 1.807) is 0 Å². The molecular formula is C11H12O. The van der Waals surface area contributed by atoms with Gasteiger partial charge < -0.3 is 5.11 Å². The fraction of sp³-hybridized carbons (Fsp3) is 0.273. The van der Waals surface area contributed by atoms with Crippen molar-refractivity contribution in [2.75, 3.05) is 0 Å². The van der Waals surface area contributed by atoms with Crippen LogP contribution in [0.25, 0.3) is 6.08 Å². The molecular weight excluding hydrogens is 148 g/mol. The molecule has 0 saturated heterocycles. The van der Waals surface area contributed by atoms with Crippen LogP contribution in [0.2, 0.25) is 0 Å². The standard InChI is InChI=1S/C11H12O/c1-11(12)7-6-9-4-2-3-5-10(9)8-11/h2-7,12H,8H2,1H3. The van der Waals surface area contributed by atoms with Gasteiger partial charge in [0, 0.05) is 6.42 Å². The Morgan fingerprint density at radius 1 is 1.33 bits per heavy atom. The summed E-state index contributed by atoms with van der Waals surface area (Å²) < 4.78 is 0. The van der Waals surface area contributed by atoms with E-state index < -0.39 is 5.60 Å². The second-order valence-corrected chi connectivity index (χ2v) is 3.57. The molecule has 1 aliphatic carbocycles. The average Bonchev–Trinajstić information content (AvgIpc) is 2.02. The van der Waals surface area contributed by atoms with Crippen LogP contribution in [0.5, 0.6) is 0 Å². The van der Waals surface area contributed by atoms with Crippen molar-refractivity contribution in [2.45, 2.75) is 18.9 Å². The molecule has 0 spiro atoms. The Bertz CT molecular complexity index is 324. The van der Waals surface area contributed by atoms with E-state index in [4.69, 9.17) is 0 Å². The zero-order chi connectivity index (χ0) is 8.60. The molecule has 0 aliphatic heterocycles. The fourth-order valence-corrected chi connectivity index (χ4v) is 1.57. The summed E-state index contributed by atoms with van der Waals surface area (Å²) in [5.41, 5.74) is 1.79. The fourth-order valence-electron chi connectivity index (χ4n) is 1.57. The summed E-state index contributed by atoms with van der Waals surface area (Å²) in [4.78, 5) is 0. The normalized spacial score (nSPS) is 26.8. The first-order valence-corrected chi connectivity index (χ1v) is 4.17. The Labute approximate surface area is 72.4 Å². The van der Waals surface area contributed by atoms with E-state index in [0.29, 0.717) is 0 Å². The molecule has 62 valence electrons. The minimum Gasteiger partial charge on any atom is -0.386 e. The molecule has 2 rings (SSSR count). The third-order valence-corrected chi connectivity index (χ3v) is 2.23. The molecule has 0 aromatic heterocycles. The van der Waals surface area contributed by atoms with E-state index in [1.165, 1.54) is 11.1 Å². The van der Waals surface area contributed by atoms with Crippen molar-refractivity contribution in [3.63, 3.8) is 0 Å². The molecule has 0 fully saturated rings. The van der Waals surface area contributed by atoms with Gasteiger partial charge in [-0.2, -0.15) is 0 Å². The molecule has 0 saturated carbocycles. The van der Waals surface area contributed by atoms with Crippen molar-refractivity contribution in [3.05, 3.63) is 41.5 Å². The number of fused-ring (bicyclic) bond motifs is 1. The number of hydrogen-bond acceptors (Lipinski definition) is 1. The Kier molecular flexibility index (Phi) is 1.55. The summed E-state index contributed by atoms with van der Waals surface area (Å²) >= 11 is 0. The highest BCUT2D eigenvalue weighted by Gasteiger charge is 2.21. The topological polar surface area (TPSA) is 20.2 Å². The maximum absolute atomic E-state index is 9.73. The maximum atomic E-state index is 9.73. The van der Waals surface area contributed by atoms with Crippen LogP contribution in [0.3, 0.4) is 0 Å². The predicted molar refractivity (Wildman–Crippen MR) is 49.8 cm³/mol. The second-order valence-electron chi connectivity index (χ2n) is 3.57. The van der Waals surface area contributed by atoms with E-state index in [1.807, 2.05) is 31.2 Å². The van der Waals surface area contributed by atoms with Crippen molar-refractivity contribution < 1.29 is 5.11 Å². The van der Waals surface area contributed by atoms with Crippen molar-refractivity contribution in [1.29, 1.82) is 0 Å². The minimum absolute atomic E-state index is 0.658. The van der Waals surface area contributed by atoms with E-state index in [2.05, 4.69) is 12.1 Å². The Morgan fingerprint density at radius 2 is 2.08 bits per heavy atom. The lowest BCUT2D eigenvalue weighted by Gasteiger charge is -2.24. The van der Waals surface area contributed by atoms with Crippen molar-refractivity contribution in [2.24, 2.45) is 0 Å². The first-order chi connectivity index (χ1) is 5.67. The molecule has 1 heteroatoms. The Balaban J connectivity index is 2.46. The van der Waals surface area contributed by atoms with E-state index in [-0.39, 0.29) is 0 Å². The van der Waals surface area contributed by atoms with Gasteiger partial charge in [-0.25, -0.2) is 0 Å². The minimum atomic E-state index is -0.658. The molecule has 1 aromatic rings. The summed E-state index contributed by atoms with van der Waals surface area (Å²) in [6.07, 6.45) is 4.56. The SMILES string of the molecule is CC1(O)C=Cc2ccccc2C1. The van der Waals surface area contributed by atoms with Crippen LogP contribution in [0.4, 0.5) is 0 Å². The molecule has 1 unspecified atom stereocenters. The molecule has 1 aromatic carbocycles. The van der Waals surface area contributed by atoms with E-state index in [0.717, 1.165) is 6.42 Å². The number of benzene rings is 1. The highest BCUT2D eigenvalue weighted by atomic mass is 16.3. The summed E-state index contributed by atoms with van der Waals surface area (Å²) in [5, 5.41) is 9.73. The van der Waals surface area contributed by atoms with E-state index in [9.17, 15) is 5.11 Å². The lowest BCUT2D eigenvalue weighted by Crippen LogP contribution is -2.26. The van der Waals surface area contributed by atoms with Gasteiger partial charge in [-0.15, -0.1) is 0 Å². The number of rotatable bonds is 0. The lowest BCUT2D eigenvalue weighted by molar-refractivity contribution is 0.112. The third-order valence-electron chi connectivity index (χ3n) is 2.23. The zero-order valence-corrected chi connectivity index (χ0v) is 7.12. The van der Waals surface area contributed by atoms with Gasteiger partial charge in [0.2, 0.25) is 0 Å². The first kappa shape index (κ1) is 7.56. The van der Waals surface area contributed by atoms with Gasteiger partial charge in [-0.05, 0) is 18.1 Å². The van der Waals surface area contributed by atoms with Gasteiger partial charge in [-0.3, -0.25) is 0 Å².